The van der Waals surface area contributed by atoms with Crippen molar-refractivity contribution >= 4 is 37.6 Å². The molecule has 4 saturated carbocycles. The van der Waals surface area contributed by atoms with Crippen LogP contribution in [-0.2, 0) is 4.79 Å². The van der Waals surface area contributed by atoms with E-state index in [4.69, 9.17) is 0 Å². The molecule has 0 heterocycles. The molecule has 0 aromatic rings. The predicted molar refractivity (Wildman–Crippen MR) is 134 cm³/mol. The van der Waals surface area contributed by atoms with E-state index < -0.39 is 0 Å². The first-order valence-electron chi connectivity index (χ1n) is 12.9. The van der Waals surface area contributed by atoms with Crippen molar-refractivity contribution < 1.29 is 4.79 Å². The van der Waals surface area contributed by atoms with Crippen molar-refractivity contribution in [3.8, 4) is 0 Å². The fourth-order valence-electron chi connectivity index (χ4n) is 9.03. The number of rotatable bonds is 5. The summed E-state index contributed by atoms with van der Waals surface area (Å²) in [6, 6.07) is 0. The van der Waals surface area contributed by atoms with Gasteiger partial charge in [-0.3, -0.25) is 4.79 Å². The summed E-state index contributed by atoms with van der Waals surface area (Å²) in [4.78, 5) is 14.4. The lowest BCUT2D eigenvalue weighted by molar-refractivity contribution is -0.153. The van der Waals surface area contributed by atoms with Gasteiger partial charge in [-0.25, -0.2) is 0 Å². The number of ketones is 1. The van der Waals surface area contributed by atoms with E-state index in [1.54, 1.807) is 0 Å². The molecular weight excluding hydrogens is 500 g/mol. The van der Waals surface area contributed by atoms with Gasteiger partial charge in [-0.2, -0.15) is 0 Å². The third-order valence-electron chi connectivity index (χ3n) is 10.6. The van der Waals surface area contributed by atoms with Gasteiger partial charge in [0.05, 0.1) is 0 Å². The summed E-state index contributed by atoms with van der Waals surface area (Å²) in [6.45, 7) is 12.4. The third-order valence-corrected chi connectivity index (χ3v) is 13.3. The van der Waals surface area contributed by atoms with Crippen LogP contribution in [0, 0.1) is 52.3 Å². The van der Waals surface area contributed by atoms with Crippen LogP contribution in [0.4, 0.5) is 0 Å². The lowest BCUT2D eigenvalue weighted by Crippen LogP contribution is -2.58. The summed E-state index contributed by atoms with van der Waals surface area (Å²) in [5.41, 5.74) is 0.684. The molecule has 10 atom stereocenters. The van der Waals surface area contributed by atoms with Crippen molar-refractivity contribution in [3.63, 3.8) is 0 Å². The predicted octanol–water partition coefficient (Wildman–Crippen LogP) is 8.42. The van der Waals surface area contributed by atoms with Gasteiger partial charge in [-0.15, -0.1) is 0 Å². The standard InChI is InChI=1S/C27H44Br2O/c1-16(2)7-6-8-17(3)19-9-10-20-18-13-25(30)22-14-23(28)24(29)15-27(22,5)21(18)11-12-26(19,20)4/h16-24H,6-15H2,1-5H3/t17-,18+,19-,20+,21+,22-,23+,24+,26-,27-/m1/s1. The van der Waals surface area contributed by atoms with Gasteiger partial charge in [0.25, 0.3) is 0 Å². The molecule has 0 bridgehead atoms. The van der Waals surface area contributed by atoms with Gasteiger partial charge < -0.3 is 0 Å². The number of hydrogen-bond donors (Lipinski definition) is 0. The van der Waals surface area contributed by atoms with Crippen molar-refractivity contribution in [1.82, 2.24) is 0 Å². The zero-order valence-electron chi connectivity index (χ0n) is 19.9. The largest absolute Gasteiger partial charge is 0.299 e. The monoisotopic (exact) mass is 542 g/mol. The van der Waals surface area contributed by atoms with E-state index in [0.29, 0.717) is 26.8 Å². The minimum absolute atomic E-state index is 0.209. The average Bonchev–Trinajstić information content (AvgIpc) is 3.01. The number of alkyl halides is 2. The van der Waals surface area contributed by atoms with Crippen LogP contribution in [0.2, 0.25) is 0 Å². The van der Waals surface area contributed by atoms with Gasteiger partial charge in [0.1, 0.15) is 5.78 Å². The third kappa shape index (κ3) is 3.92. The van der Waals surface area contributed by atoms with Crippen molar-refractivity contribution in [2.45, 2.75) is 108 Å². The minimum atomic E-state index is 0.209. The number of carbonyl (C=O) groups excluding carboxylic acids is 1. The molecule has 30 heavy (non-hydrogen) atoms. The number of carbonyl (C=O) groups is 1. The first kappa shape index (κ1) is 23.8. The van der Waals surface area contributed by atoms with Crippen molar-refractivity contribution in [2.75, 3.05) is 0 Å². The molecule has 4 aliphatic rings. The second-order valence-electron chi connectivity index (χ2n) is 12.6. The maximum Gasteiger partial charge on any atom is 0.136 e. The number of Topliss-reactive ketones (excluding diaryl/α,β-unsaturated/α-hetero) is 1. The van der Waals surface area contributed by atoms with Crippen LogP contribution in [0.5, 0.6) is 0 Å². The van der Waals surface area contributed by atoms with E-state index in [2.05, 4.69) is 66.5 Å². The zero-order valence-corrected chi connectivity index (χ0v) is 23.1. The smallest absolute Gasteiger partial charge is 0.136 e. The quantitative estimate of drug-likeness (QED) is 0.318. The lowest BCUT2D eigenvalue weighted by Gasteiger charge is -2.61. The molecule has 4 rings (SSSR count). The fourth-order valence-corrected chi connectivity index (χ4v) is 10.5. The highest BCUT2D eigenvalue weighted by molar-refractivity contribution is 9.12. The number of hydrogen-bond acceptors (Lipinski definition) is 1. The van der Waals surface area contributed by atoms with Crippen LogP contribution < -0.4 is 0 Å². The molecule has 0 amide bonds. The highest BCUT2D eigenvalue weighted by Gasteiger charge is 2.63. The Morgan fingerprint density at radius 1 is 0.967 bits per heavy atom. The van der Waals surface area contributed by atoms with Crippen LogP contribution in [-0.4, -0.2) is 15.4 Å². The van der Waals surface area contributed by atoms with E-state index in [-0.39, 0.29) is 11.3 Å². The second kappa shape index (κ2) is 8.77. The van der Waals surface area contributed by atoms with Gasteiger partial charge in [0, 0.05) is 22.0 Å². The molecule has 0 spiro atoms. The van der Waals surface area contributed by atoms with Crippen LogP contribution >= 0.6 is 31.9 Å². The Bertz CT molecular complexity index is 647. The van der Waals surface area contributed by atoms with E-state index in [1.165, 1.54) is 51.4 Å². The maximum atomic E-state index is 13.4. The summed E-state index contributed by atoms with van der Waals surface area (Å²) >= 11 is 7.82. The second-order valence-corrected chi connectivity index (χ2v) is 15.0. The van der Waals surface area contributed by atoms with Crippen LogP contribution in [0.25, 0.3) is 0 Å². The first-order valence-corrected chi connectivity index (χ1v) is 14.7. The summed E-state index contributed by atoms with van der Waals surface area (Å²) < 4.78 is 0. The molecule has 0 aromatic carbocycles. The van der Waals surface area contributed by atoms with Crippen LogP contribution in [0.15, 0.2) is 0 Å². The van der Waals surface area contributed by atoms with Gasteiger partial charge >= 0.3 is 0 Å². The summed E-state index contributed by atoms with van der Waals surface area (Å²) in [6.07, 6.45) is 12.8. The summed E-state index contributed by atoms with van der Waals surface area (Å²) in [5.74, 6) is 5.62. The van der Waals surface area contributed by atoms with Gasteiger partial charge in [0.2, 0.25) is 0 Å². The Morgan fingerprint density at radius 3 is 2.37 bits per heavy atom. The molecule has 0 unspecified atom stereocenters. The molecule has 172 valence electrons. The van der Waals surface area contributed by atoms with Gasteiger partial charge in [0.15, 0.2) is 0 Å². The topological polar surface area (TPSA) is 17.1 Å². The Labute approximate surface area is 202 Å². The molecule has 3 heteroatoms. The molecule has 4 fully saturated rings. The van der Waals surface area contributed by atoms with Gasteiger partial charge in [-0.05, 0) is 84.9 Å². The number of halogens is 2. The SMILES string of the molecule is CC(C)CCC[C@@H](C)[C@H]1CC[C@H]2[C@@H]3CC(=O)[C@H]4C[C@H](Br)[C@@H](Br)C[C@]4(C)[C@H]3CC[C@]12C. The molecule has 0 saturated heterocycles. The minimum Gasteiger partial charge on any atom is -0.299 e. The van der Waals surface area contributed by atoms with E-state index >= 15 is 0 Å². The van der Waals surface area contributed by atoms with Crippen molar-refractivity contribution in [2.24, 2.45) is 52.3 Å². The molecule has 0 aliphatic heterocycles. The lowest BCUT2D eigenvalue weighted by atomic mass is 9.44. The van der Waals surface area contributed by atoms with E-state index in [9.17, 15) is 4.79 Å². The Balaban J connectivity index is 1.52. The normalized spacial score (nSPS) is 49.5. The molecule has 4 aliphatic carbocycles. The van der Waals surface area contributed by atoms with Crippen molar-refractivity contribution in [1.29, 1.82) is 0 Å². The Morgan fingerprint density at radius 2 is 1.67 bits per heavy atom. The molecule has 0 radical (unpaired) electrons. The van der Waals surface area contributed by atoms with Crippen LogP contribution in [0.3, 0.4) is 0 Å². The summed E-state index contributed by atoms with van der Waals surface area (Å²) in [7, 11) is 0. The zero-order chi connectivity index (χ0) is 21.8. The molecule has 1 nitrogen and oxygen atoms in total. The molecule has 0 aromatic heterocycles. The highest BCUT2D eigenvalue weighted by atomic mass is 79.9. The molecular formula is C27H44Br2O. The van der Waals surface area contributed by atoms with Crippen molar-refractivity contribution in [3.05, 3.63) is 0 Å². The van der Waals surface area contributed by atoms with Gasteiger partial charge in [-0.1, -0.05) is 85.7 Å². The maximum absolute atomic E-state index is 13.4. The Hall–Kier alpha value is 0.630. The van der Waals surface area contributed by atoms with E-state index in [1.807, 2.05) is 0 Å². The average molecular weight is 544 g/mol. The fraction of sp³-hybridized carbons (Fsp3) is 0.963. The highest BCUT2D eigenvalue weighted by Crippen LogP contribution is 2.68. The van der Waals surface area contributed by atoms with Crippen LogP contribution in [0.1, 0.15) is 98.8 Å². The Kier molecular flexibility index (Phi) is 6.95. The first-order chi connectivity index (χ1) is 14.1. The molecule has 0 N–H and O–H groups in total. The van der Waals surface area contributed by atoms with E-state index in [0.717, 1.165) is 42.4 Å². The number of fused-ring (bicyclic) bond motifs is 5. The summed E-state index contributed by atoms with van der Waals surface area (Å²) in [5, 5.41) is 0.